The monoisotopic (exact) mass is 636 g/mol. The minimum Gasteiger partial charge on any atom is -0.227 e. The second-order valence-electron chi connectivity index (χ2n) is 12.1. The van der Waals surface area contributed by atoms with Gasteiger partial charge in [0.25, 0.3) is 0 Å². The molecule has 8 rings (SSSR count). The highest BCUT2D eigenvalue weighted by Crippen LogP contribution is 2.39. The van der Waals surface area contributed by atoms with Crippen molar-refractivity contribution in [3.05, 3.63) is 181 Å². The van der Waals surface area contributed by atoms with Crippen LogP contribution in [0.4, 0.5) is 0 Å². The van der Waals surface area contributed by atoms with Crippen molar-refractivity contribution in [1.82, 2.24) is 9.97 Å². The topological polar surface area (TPSA) is 73.4 Å². The molecule has 0 saturated carbocycles. The van der Waals surface area contributed by atoms with E-state index in [1.54, 1.807) is 12.1 Å². The van der Waals surface area contributed by atoms with Crippen LogP contribution in [0, 0.1) is 22.7 Å². The Bertz CT molecular complexity index is 2540. The van der Waals surface area contributed by atoms with Crippen LogP contribution in [-0.4, -0.2) is 9.97 Å². The van der Waals surface area contributed by atoms with Gasteiger partial charge in [0.05, 0.1) is 34.5 Å². The number of fused-ring (bicyclic) bond motifs is 1. The van der Waals surface area contributed by atoms with Crippen LogP contribution >= 0.6 is 0 Å². The molecule has 0 unspecified atom stereocenters. The van der Waals surface area contributed by atoms with Gasteiger partial charge >= 0.3 is 0 Å². The fourth-order valence-electron chi connectivity index (χ4n) is 6.32. The highest BCUT2D eigenvalue weighted by atomic mass is 14.9. The van der Waals surface area contributed by atoms with Crippen LogP contribution in [0.2, 0.25) is 0 Å². The maximum absolute atomic E-state index is 9.52. The van der Waals surface area contributed by atoms with Crippen molar-refractivity contribution in [1.29, 1.82) is 10.5 Å². The van der Waals surface area contributed by atoms with Crippen LogP contribution in [-0.2, 0) is 0 Å². The Kier molecular flexibility index (Phi) is 7.95. The Morgan fingerprint density at radius 2 is 0.780 bits per heavy atom. The molecule has 0 bridgehead atoms. The third-order valence-corrected chi connectivity index (χ3v) is 8.99. The zero-order valence-corrected chi connectivity index (χ0v) is 27.0. The fraction of sp³-hybridized carbons (Fsp3) is 0. The lowest BCUT2D eigenvalue weighted by atomic mass is 9.92. The van der Waals surface area contributed by atoms with Crippen LogP contribution in [0.15, 0.2) is 170 Å². The smallest absolute Gasteiger partial charge is 0.160 e. The molecule has 50 heavy (non-hydrogen) atoms. The predicted molar refractivity (Wildman–Crippen MR) is 202 cm³/mol. The average molecular weight is 637 g/mol. The molecule has 0 radical (unpaired) electrons. The van der Waals surface area contributed by atoms with Crippen LogP contribution in [0.1, 0.15) is 11.1 Å². The largest absolute Gasteiger partial charge is 0.227 e. The Labute approximate surface area is 290 Å². The van der Waals surface area contributed by atoms with Crippen LogP contribution in [0.25, 0.3) is 78.1 Å². The lowest BCUT2D eigenvalue weighted by Crippen LogP contribution is -1.98. The number of benzene rings is 7. The summed E-state index contributed by atoms with van der Waals surface area (Å²) < 4.78 is 0. The highest BCUT2D eigenvalue weighted by molar-refractivity contribution is 6.04. The molecule has 0 fully saturated rings. The Morgan fingerprint density at radius 3 is 1.28 bits per heavy atom. The van der Waals surface area contributed by atoms with Crippen molar-refractivity contribution in [2.45, 2.75) is 0 Å². The average Bonchev–Trinajstić information content (AvgIpc) is 3.21. The normalized spacial score (nSPS) is 10.8. The lowest BCUT2D eigenvalue weighted by Gasteiger charge is -2.16. The van der Waals surface area contributed by atoms with Crippen molar-refractivity contribution < 1.29 is 0 Å². The van der Waals surface area contributed by atoms with Gasteiger partial charge in [-0.25, -0.2) is 9.97 Å². The van der Waals surface area contributed by atoms with E-state index in [2.05, 4.69) is 121 Å². The van der Waals surface area contributed by atoms with Gasteiger partial charge in [0, 0.05) is 22.1 Å². The molecule has 8 aromatic rings. The molecule has 0 N–H and O–H groups in total. The van der Waals surface area contributed by atoms with Crippen molar-refractivity contribution in [3.8, 4) is 79.3 Å². The Morgan fingerprint density at radius 1 is 0.360 bits per heavy atom. The molecule has 4 nitrogen and oxygen atoms in total. The summed E-state index contributed by atoms with van der Waals surface area (Å²) in [5.74, 6) is 0.559. The summed E-state index contributed by atoms with van der Waals surface area (Å²) in [5.41, 5.74) is 13.2. The van der Waals surface area contributed by atoms with E-state index >= 15 is 0 Å². The van der Waals surface area contributed by atoms with E-state index in [9.17, 15) is 10.5 Å². The van der Waals surface area contributed by atoms with Gasteiger partial charge in [0.15, 0.2) is 5.82 Å². The number of nitrogens with zero attached hydrogens (tertiary/aromatic N) is 4. The molecule has 0 amide bonds. The number of aromatic nitrogens is 2. The number of nitriles is 2. The molecule has 0 aliphatic rings. The number of hydrogen-bond acceptors (Lipinski definition) is 4. The van der Waals surface area contributed by atoms with Crippen LogP contribution in [0.3, 0.4) is 0 Å². The van der Waals surface area contributed by atoms with Crippen molar-refractivity contribution in [2.75, 3.05) is 0 Å². The van der Waals surface area contributed by atoms with Gasteiger partial charge < -0.3 is 0 Å². The summed E-state index contributed by atoms with van der Waals surface area (Å²) in [6.07, 6.45) is 0. The predicted octanol–water partition coefficient (Wildman–Crippen LogP) is 11.4. The van der Waals surface area contributed by atoms with Gasteiger partial charge in [0.2, 0.25) is 0 Å². The van der Waals surface area contributed by atoms with Gasteiger partial charge in [-0.1, -0.05) is 121 Å². The molecule has 1 aromatic heterocycles. The second kappa shape index (κ2) is 13.2. The van der Waals surface area contributed by atoms with Gasteiger partial charge in [-0.15, -0.1) is 0 Å². The summed E-state index contributed by atoms with van der Waals surface area (Å²) in [6, 6.07) is 61.7. The van der Waals surface area contributed by atoms with Crippen LogP contribution in [0.5, 0.6) is 0 Å². The number of rotatable bonds is 6. The third-order valence-electron chi connectivity index (χ3n) is 8.99. The van der Waals surface area contributed by atoms with Crippen molar-refractivity contribution in [3.63, 3.8) is 0 Å². The quantitative estimate of drug-likeness (QED) is 0.182. The minimum atomic E-state index is 0.559. The summed E-state index contributed by atoms with van der Waals surface area (Å²) >= 11 is 0. The third kappa shape index (κ3) is 5.90. The first-order valence-electron chi connectivity index (χ1n) is 16.4. The van der Waals surface area contributed by atoms with E-state index in [-0.39, 0.29) is 0 Å². The van der Waals surface area contributed by atoms with Crippen molar-refractivity contribution in [2.24, 2.45) is 0 Å². The van der Waals surface area contributed by atoms with Gasteiger partial charge in [-0.3, -0.25) is 0 Å². The lowest BCUT2D eigenvalue weighted by molar-refractivity contribution is 1.23. The molecule has 232 valence electrons. The molecule has 0 atom stereocenters. The fourth-order valence-corrected chi connectivity index (χ4v) is 6.32. The summed E-state index contributed by atoms with van der Waals surface area (Å²) in [7, 11) is 0. The van der Waals surface area contributed by atoms with Gasteiger partial charge in [-0.05, 0) is 87.5 Å². The molecule has 4 heteroatoms. The first-order chi connectivity index (χ1) is 24.7. The first kappa shape index (κ1) is 30.2. The van der Waals surface area contributed by atoms with E-state index in [1.807, 2.05) is 48.5 Å². The van der Waals surface area contributed by atoms with E-state index in [4.69, 9.17) is 9.97 Å². The Hall–Kier alpha value is -7.14. The SMILES string of the molecule is N#Cc1ccc(-c2nc(-c3ccc(C#N)cc3)c3cc(-c4ccc(-c5ccccc5)cc4)cc(-c4ccc(-c5ccccc5)cc4)c3n2)cc1. The molecular formula is C46H28N4. The zero-order chi connectivity index (χ0) is 33.9. The first-order valence-corrected chi connectivity index (χ1v) is 16.4. The molecule has 0 spiro atoms. The summed E-state index contributed by atoms with van der Waals surface area (Å²) in [5, 5.41) is 19.8. The highest BCUT2D eigenvalue weighted by Gasteiger charge is 2.18. The maximum atomic E-state index is 9.52. The molecule has 0 aliphatic carbocycles. The molecule has 0 saturated heterocycles. The summed E-state index contributed by atoms with van der Waals surface area (Å²) in [4.78, 5) is 10.4. The van der Waals surface area contributed by atoms with E-state index in [0.29, 0.717) is 17.0 Å². The zero-order valence-electron chi connectivity index (χ0n) is 27.0. The molecular weight excluding hydrogens is 609 g/mol. The number of hydrogen-bond donors (Lipinski definition) is 0. The van der Waals surface area contributed by atoms with E-state index < -0.39 is 0 Å². The molecule has 0 aliphatic heterocycles. The van der Waals surface area contributed by atoms with Crippen LogP contribution < -0.4 is 0 Å². The standard InChI is InChI=1S/C46H28N4/c47-29-31-11-15-39(16-12-31)44-43-28-41(37-21-19-35(20-22-37)33-7-3-1-4-8-33)27-42(38-25-23-36(24-26-38)34-9-5-2-6-10-34)45(43)50-46(49-44)40-17-13-32(30-48)14-18-40/h1-28H. The summed E-state index contributed by atoms with van der Waals surface area (Å²) in [6.45, 7) is 0. The maximum Gasteiger partial charge on any atom is 0.160 e. The Balaban J connectivity index is 1.37. The van der Waals surface area contributed by atoms with Gasteiger partial charge in [0.1, 0.15) is 0 Å². The molecule has 1 heterocycles. The minimum absolute atomic E-state index is 0.559. The van der Waals surface area contributed by atoms with E-state index in [1.165, 1.54) is 5.56 Å². The molecule has 7 aromatic carbocycles. The van der Waals surface area contributed by atoms with Gasteiger partial charge in [-0.2, -0.15) is 10.5 Å². The second-order valence-corrected chi connectivity index (χ2v) is 12.1. The van der Waals surface area contributed by atoms with E-state index in [0.717, 1.165) is 66.7 Å². The van der Waals surface area contributed by atoms with Crippen molar-refractivity contribution >= 4 is 10.9 Å².